The summed E-state index contributed by atoms with van der Waals surface area (Å²) in [6.45, 7) is 1.89. The van der Waals surface area contributed by atoms with Gasteiger partial charge in [-0.05, 0) is 36.8 Å². The number of ether oxygens (including phenoxy) is 1. The van der Waals surface area contributed by atoms with Gasteiger partial charge < -0.3 is 14.5 Å². The smallest absolute Gasteiger partial charge is 0.290 e. The molecule has 1 atom stereocenters. The van der Waals surface area contributed by atoms with E-state index in [1.807, 2.05) is 49.4 Å². The second-order valence-corrected chi connectivity index (χ2v) is 5.02. The highest BCUT2D eigenvalue weighted by Gasteiger charge is 2.15. The van der Waals surface area contributed by atoms with Gasteiger partial charge in [0.1, 0.15) is 5.75 Å². The average molecular weight is 308 g/mol. The fraction of sp³-hybridized carbons (Fsp3) is 0.111. The molecule has 0 aliphatic carbocycles. The van der Waals surface area contributed by atoms with Crippen LogP contribution < -0.4 is 10.1 Å². The lowest BCUT2D eigenvalue weighted by atomic mass is 10.1. The Morgan fingerprint density at radius 1 is 1.13 bits per heavy atom. The van der Waals surface area contributed by atoms with Crippen molar-refractivity contribution in [1.29, 1.82) is 0 Å². The summed E-state index contributed by atoms with van der Waals surface area (Å²) in [5.41, 5.74) is 0.924. The molecule has 23 heavy (non-hydrogen) atoms. The molecule has 0 fully saturated rings. The van der Waals surface area contributed by atoms with Gasteiger partial charge in [-0.2, -0.15) is 0 Å². The van der Waals surface area contributed by atoms with E-state index in [1.165, 1.54) is 0 Å². The normalized spacial score (nSPS) is 11.7. The molecule has 0 radical (unpaired) electrons. The number of para-hydroxylation sites is 1. The molecule has 0 bridgehead atoms. The van der Waals surface area contributed by atoms with Gasteiger partial charge in [0.15, 0.2) is 5.76 Å². The molecule has 2 aromatic heterocycles. The number of rotatable bonds is 5. The first-order chi connectivity index (χ1) is 11.2. The van der Waals surface area contributed by atoms with Gasteiger partial charge in [-0.15, -0.1) is 0 Å². The van der Waals surface area contributed by atoms with Crippen LogP contribution in [0.2, 0.25) is 0 Å². The van der Waals surface area contributed by atoms with E-state index in [4.69, 9.17) is 9.15 Å². The molecule has 5 heteroatoms. The second kappa shape index (κ2) is 6.79. The van der Waals surface area contributed by atoms with E-state index in [2.05, 4.69) is 10.3 Å². The molecule has 1 amide bonds. The topological polar surface area (TPSA) is 64.4 Å². The Labute approximate surface area is 133 Å². The molecular weight excluding hydrogens is 292 g/mol. The maximum absolute atomic E-state index is 12.2. The first kappa shape index (κ1) is 14.8. The zero-order valence-corrected chi connectivity index (χ0v) is 12.6. The zero-order valence-electron chi connectivity index (χ0n) is 12.6. The van der Waals surface area contributed by atoms with Crippen LogP contribution in [0, 0.1) is 0 Å². The van der Waals surface area contributed by atoms with Crippen LogP contribution in [0.25, 0.3) is 0 Å². The lowest BCUT2D eigenvalue weighted by molar-refractivity contribution is 0.0907. The van der Waals surface area contributed by atoms with Crippen molar-refractivity contribution in [3.63, 3.8) is 0 Å². The molecule has 2 heterocycles. The van der Waals surface area contributed by atoms with Crippen molar-refractivity contribution < 1.29 is 13.9 Å². The standard InChI is InChI=1S/C18H16N2O3/c1-13(14-6-5-11-19-12-14)20-18(21)16-9-10-17(23-16)22-15-7-3-2-4-8-15/h2-13H,1H3,(H,20,21). The molecule has 1 unspecified atom stereocenters. The number of pyridine rings is 1. The van der Waals surface area contributed by atoms with Gasteiger partial charge >= 0.3 is 0 Å². The summed E-state index contributed by atoms with van der Waals surface area (Å²) in [5, 5.41) is 2.86. The van der Waals surface area contributed by atoms with Gasteiger partial charge in [0.25, 0.3) is 11.9 Å². The first-order valence-corrected chi connectivity index (χ1v) is 7.26. The highest BCUT2D eigenvalue weighted by atomic mass is 16.6. The van der Waals surface area contributed by atoms with Gasteiger partial charge in [-0.25, -0.2) is 0 Å². The molecule has 0 saturated heterocycles. The summed E-state index contributed by atoms with van der Waals surface area (Å²) >= 11 is 0. The molecule has 1 N–H and O–H groups in total. The van der Waals surface area contributed by atoms with Gasteiger partial charge in [-0.1, -0.05) is 24.3 Å². The van der Waals surface area contributed by atoms with Crippen molar-refractivity contribution in [3.05, 3.63) is 78.3 Å². The Bertz CT molecular complexity index is 769. The highest BCUT2D eigenvalue weighted by Crippen LogP contribution is 2.23. The van der Waals surface area contributed by atoms with Gasteiger partial charge in [0, 0.05) is 18.5 Å². The van der Waals surface area contributed by atoms with Crippen molar-refractivity contribution in [2.45, 2.75) is 13.0 Å². The lowest BCUT2D eigenvalue weighted by Crippen LogP contribution is -2.26. The summed E-state index contributed by atoms with van der Waals surface area (Å²) in [6, 6.07) is 16.0. The van der Waals surface area contributed by atoms with Crippen molar-refractivity contribution in [1.82, 2.24) is 10.3 Å². The van der Waals surface area contributed by atoms with E-state index in [1.54, 1.807) is 24.5 Å². The summed E-state index contributed by atoms with van der Waals surface area (Å²) in [7, 11) is 0. The molecule has 5 nitrogen and oxygen atoms in total. The molecule has 0 spiro atoms. The number of furan rings is 1. The van der Waals surface area contributed by atoms with Crippen LogP contribution in [0.3, 0.4) is 0 Å². The van der Waals surface area contributed by atoms with E-state index in [-0.39, 0.29) is 23.7 Å². The van der Waals surface area contributed by atoms with Crippen LogP contribution in [0.4, 0.5) is 0 Å². The van der Waals surface area contributed by atoms with Crippen molar-refractivity contribution in [2.24, 2.45) is 0 Å². The van der Waals surface area contributed by atoms with Gasteiger partial charge in [-0.3, -0.25) is 9.78 Å². The Kier molecular flexibility index (Phi) is 4.38. The Morgan fingerprint density at radius 2 is 1.96 bits per heavy atom. The average Bonchev–Trinajstić information content (AvgIpc) is 3.05. The van der Waals surface area contributed by atoms with Crippen LogP contribution in [0.1, 0.15) is 29.1 Å². The third kappa shape index (κ3) is 3.77. The van der Waals surface area contributed by atoms with Gasteiger partial charge in [0.05, 0.1) is 6.04 Å². The molecular formula is C18H16N2O3. The Hall–Kier alpha value is -3.08. The Balaban J connectivity index is 1.64. The monoisotopic (exact) mass is 308 g/mol. The minimum Gasteiger partial charge on any atom is -0.426 e. The predicted molar refractivity (Wildman–Crippen MR) is 85.3 cm³/mol. The van der Waals surface area contributed by atoms with Crippen LogP contribution in [0.15, 0.2) is 71.4 Å². The molecule has 3 aromatic rings. The fourth-order valence-corrected chi connectivity index (χ4v) is 2.08. The highest BCUT2D eigenvalue weighted by molar-refractivity contribution is 5.91. The van der Waals surface area contributed by atoms with E-state index in [0.29, 0.717) is 5.75 Å². The number of aromatic nitrogens is 1. The molecule has 1 aromatic carbocycles. The van der Waals surface area contributed by atoms with Crippen LogP contribution in [0.5, 0.6) is 11.7 Å². The number of nitrogens with one attached hydrogen (secondary N) is 1. The molecule has 0 aliphatic heterocycles. The number of carbonyl (C=O) groups is 1. The fourth-order valence-electron chi connectivity index (χ4n) is 2.08. The maximum atomic E-state index is 12.2. The van der Waals surface area contributed by atoms with E-state index in [9.17, 15) is 4.79 Å². The van der Waals surface area contributed by atoms with Crippen molar-refractivity contribution in [3.8, 4) is 11.7 Å². The minimum atomic E-state index is -0.302. The largest absolute Gasteiger partial charge is 0.426 e. The van der Waals surface area contributed by atoms with Crippen LogP contribution in [-0.4, -0.2) is 10.9 Å². The Morgan fingerprint density at radius 3 is 2.70 bits per heavy atom. The molecule has 0 saturated carbocycles. The number of hydrogen-bond acceptors (Lipinski definition) is 4. The minimum absolute atomic E-state index is 0.167. The maximum Gasteiger partial charge on any atom is 0.290 e. The number of amides is 1. The predicted octanol–water partition coefficient (Wildman–Crippen LogP) is 3.96. The van der Waals surface area contributed by atoms with E-state index < -0.39 is 0 Å². The molecule has 116 valence electrons. The number of hydrogen-bond donors (Lipinski definition) is 1. The number of carbonyl (C=O) groups excluding carboxylic acids is 1. The van der Waals surface area contributed by atoms with E-state index in [0.717, 1.165) is 5.56 Å². The van der Waals surface area contributed by atoms with E-state index >= 15 is 0 Å². The van der Waals surface area contributed by atoms with Crippen LogP contribution >= 0.6 is 0 Å². The molecule has 0 aliphatic rings. The summed E-state index contributed by atoms with van der Waals surface area (Å²) in [4.78, 5) is 16.3. The zero-order chi connectivity index (χ0) is 16.1. The number of benzene rings is 1. The van der Waals surface area contributed by atoms with Gasteiger partial charge in [0.2, 0.25) is 0 Å². The SMILES string of the molecule is CC(NC(=O)c1ccc(Oc2ccccc2)o1)c1cccnc1. The quantitative estimate of drug-likeness (QED) is 0.775. The number of nitrogens with zero attached hydrogens (tertiary/aromatic N) is 1. The first-order valence-electron chi connectivity index (χ1n) is 7.26. The summed E-state index contributed by atoms with van der Waals surface area (Å²) in [5.74, 6) is 0.823. The van der Waals surface area contributed by atoms with Crippen molar-refractivity contribution in [2.75, 3.05) is 0 Å². The third-order valence-electron chi connectivity index (χ3n) is 3.30. The van der Waals surface area contributed by atoms with Crippen LogP contribution in [-0.2, 0) is 0 Å². The third-order valence-corrected chi connectivity index (χ3v) is 3.30. The van der Waals surface area contributed by atoms with Crippen molar-refractivity contribution >= 4 is 5.91 Å². The lowest BCUT2D eigenvalue weighted by Gasteiger charge is -2.12. The summed E-state index contributed by atoms with van der Waals surface area (Å²) in [6.07, 6.45) is 3.41. The second-order valence-electron chi connectivity index (χ2n) is 5.02. The summed E-state index contributed by atoms with van der Waals surface area (Å²) < 4.78 is 11.0. The molecule has 3 rings (SSSR count).